The highest BCUT2D eigenvalue weighted by Crippen LogP contribution is 2.24. The monoisotopic (exact) mass is 317 g/mol. The van der Waals surface area contributed by atoms with E-state index in [9.17, 15) is 18.4 Å². The van der Waals surface area contributed by atoms with E-state index in [0.717, 1.165) is 0 Å². The summed E-state index contributed by atoms with van der Waals surface area (Å²) in [6, 6.07) is 7.82. The molecule has 0 bridgehead atoms. The van der Waals surface area contributed by atoms with Crippen molar-refractivity contribution in [2.75, 3.05) is 11.4 Å². The van der Waals surface area contributed by atoms with Gasteiger partial charge >= 0.3 is 0 Å². The van der Waals surface area contributed by atoms with Crippen molar-refractivity contribution in [1.29, 1.82) is 0 Å². The second-order valence-corrected chi connectivity index (χ2v) is 5.10. The van der Waals surface area contributed by atoms with E-state index in [-0.39, 0.29) is 17.8 Å². The molecule has 1 aliphatic rings. The molecule has 0 saturated carbocycles. The first-order valence-corrected chi connectivity index (χ1v) is 7.05. The minimum Gasteiger partial charge on any atom is -0.340 e. The zero-order valence-corrected chi connectivity index (χ0v) is 12.0. The Bertz CT molecular complexity index is 766. The van der Waals surface area contributed by atoms with Crippen molar-refractivity contribution in [3.8, 4) is 0 Å². The van der Waals surface area contributed by atoms with E-state index < -0.39 is 29.6 Å². The van der Waals surface area contributed by atoms with Gasteiger partial charge in [-0.25, -0.2) is 9.37 Å². The Hall–Kier alpha value is -2.83. The standard InChI is InChI=1S/C16H13F2N3O2/c17-11-5-1-2-6-13(11)21-9-7-12(16(21)23)20-15(22)10-4-3-8-19-14(10)18/h1-6,8,12H,7,9H2,(H,20,22)/t12-/m1/s1. The second kappa shape index (κ2) is 6.12. The summed E-state index contributed by atoms with van der Waals surface area (Å²) < 4.78 is 27.3. The third-order valence-electron chi connectivity index (χ3n) is 3.66. The number of halogens is 2. The molecule has 23 heavy (non-hydrogen) atoms. The van der Waals surface area contributed by atoms with Crippen LogP contribution in [0.5, 0.6) is 0 Å². The van der Waals surface area contributed by atoms with Crippen molar-refractivity contribution in [2.45, 2.75) is 12.5 Å². The van der Waals surface area contributed by atoms with Gasteiger partial charge in [-0.15, -0.1) is 0 Å². The minimum absolute atomic E-state index is 0.168. The van der Waals surface area contributed by atoms with E-state index in [4.69, 9.17) is 0 Å². The molecule has 2 heterocycles. The van der Waals surface area contributed by atoms with Crippen molar-refractivity contribution in [2.24, 2.45) is 0 Å². The van der Waals surface area contributed by atoms with Crippen LogP contribution in [-0.4, -0.2) is 29.4 Å². The van der Waals surface area contributed by atoms with Gasteiger partial charge in [-0.2, -0.15) is 4.39 Å². The molecule has 0 spiro atoms. The van der Waals surface area contributed by atoms with Crippen LogP contribution in [0.3, 0.4) is 0 Å². The van der Waals surface area contributed by atoms with Crippen LogP contribution in [0.2, 0.25) is 0 Å². The quantitative estimate of drug-likeness (QED) is 0.880. The Kier molecular flexibility index (Phi) is 4.01. The maximum atomic E-state index is 13.8. The number of carbonyl (C=O) groups is 2. The lowest BCUT2D eigenvalue weighted by Gasteiger charge is -2.17. The first-order valence-electron chi connectivity index (χ1n) is 7.05. The highest BCUT2D eigenvalue weighted by atomic mass is 19.1. The number of anilines is 1. The number of aromatic nitrogens is 1. The van der Waals surface area contributed by atoms with Gasteiger partial charge in [-0.05, 0) is 30.7 Å². The molecule has 5 nitrogen and oxygen atoms in total. The Morgan fingerprint density at radius 1 is 1.22 bits per heavy atom. The van der Waals surface area contributed by atoms with Gasteiger partial charge in [-0.3, -0.25) is 9.59 Å². The zero-order chi connectivity index (χ0) is 16.4. The fourth-order valence-corrected chi connectivity index (χ4v) is 2.52. The lowest BCUT2D eigenvalue weighted by molar-refractivity contribution is -0.118. The Morgan fingerprint density at radius 2 is 2.00 bits per heavy atom. The topological polar surface area (TPSA) is 62.3 Å². The third-order valence-corrected chi connectivity index (χ3v) is 3.66. The highest BCUT2D eigenvalue weighted by Gasteiger charge is 2.35. The number of benzene rings is 1. The highest BCUT2D eigenvalue weighted by molar-refractivity contribution is 6.03. The molecule has 1 aromatic carbocycles. The van der Waals surface area contributed by atoms with Crippen LogP contribution in [0, 0.1) is 11.8 Å². The third kappa shape index (κ3) is 2.90. The van der Waals surface area contributed by atoms with Crippen LogP contribution in [0.1, 0.15) is 16.8 Å². The summed E-state index contributed by atoms with van der Waals surface area (Å²) in [4.78, 5) is 29.1. The van der Waals surface area contributed by atoms with Crippen LogP contribution in [0.25, 0.3) is 0 Å². The van der Waals surface area contributed by atoms with Gasteiger partial charge in [0.1, 0.15) is 11.9 Å². The molecule has 0 unspecified atom stereocenters. The molecule has 1 aliphatic heterocycles. The SMILES string of the molecule is O=C(N[C@@H]1CCN(c2ccccc2F)C1=O)c1cccnc1F. The number of hydrogen-bond acceptors (Lipinski definition) is 3. The molecular formula is C16H13F2N3O2. The zero-order valence-electron chi connectivity index (χ0n) is 12.0. The summed E-state index contributed by atoms with van der Waals surface area (Å²) in [5.41, 5.74) is -0.0635. The fraction of sp³-hybridized carbons (Fsp3) is 0.188. The van der Waals surface area contributed by atoms with Gasteiger partial charge in [0.25, 0.3) is 5.91 Å². The predicted octanol–water partition coefficient (Wildman–Crippen LogP) is 1.90. The second-order valence-electron chi connectivity index (χ2n) is 5.10. The fourth-order valence-electron chi connectivity index (χ4n) is 2.52. The minimum atomic E-state index is -0.901. The molecule has 1 atom stereocenters. The number of nitrogens with one attached hydrogen (secondary N) is 1. The molecule has 2 aromatic rings. The summed E-state index contributed by atoms with van der Waals surface area (Å²) in [6.45, 7) is 0.278. The number of rotatable bonds is 3. The van der Waals surface area contributed by atoms with Crippen molar-refractivity contribution >= 4 is 17.5 Å². The number of amides is 2. The average molecular weight is 317 g/mol. The predicted molar refractivity (Wildman–Crippen MR) is 78.8 cm³/mol. The lowest BCUT2D eigenvalue weighted by Crippen LogP contribution is -2.42. The van der Waals surface area contributed by atoms with Crippen LogP contribution < -0.4 is 10.2 Å². The number of hydrogen-bond donors (Lipinski definition) is 1. The maximum absolute atomic E-state index is 13.8. The number of para-hydroxylation sites is 1. The number of pyridine rings is 1. The molecule has 1 fully saturated rings. The molecule has 7 heteroatoms. The molecule has 3 rings (SSSR count). The van der Waals surface area contributed by atoms with Gasteiger partial charge in [-0.1, -0.05) is 12.1 Å². The van der Waals surface area contributed by atoms with E-state index >= 15 is 0 Å². The molecule has 118 valence electrons. The molecule has 1 saturated heterocycles. The largest absolute Gasteiger partial charge is 0.340 e. The van der Waals surface area contributed by atoms with Gasteiger partial charge in [0.15, 0.2) is 0 Å². The van der Waals surface area contributed by atoms with Crippen LogP contribution in [0.4, 0.5) is 14.5 Å². The van der Waals surface area contributed by atoms with Crippen molar-refractivity contribution < 1.29 is 18.4 Å². The van der Waals surface area contributed by atoms with Crippen molar-refractivity contribution in [1.82, 2.24) is 10.3 Å². The van der Waals surface area contributed by atoms with Crippen LogP contribution in [0.15, 0.2) is 42.6 Å². The van der Waals surface area contributed by atoms with E-state index in [2.05, 4.69) is 10.3 Å². The normalized spacial score (nSPS) is 17.4. The summed E-state index contributed by atoms with van der Waals surface area (Å²) in [6.07, 6.45) is 1.55. The van der Waals surface area contributed by atoms with Crippen LogP contribution >= 0.6 is 0 Å². The summed E-state index contributed by atoms with van der Waals surface area (Å²) >= 11 is 0. The van der Waals surface area contributed by atoms with Gasteiger partial charge in [0.05, 0.1) is 11.3 Å². The average Bonchev–Trinajstić information content (AvgIpc) is 2.89. The molecule has 0 aliphatic carbocycles. The number of carbonyl (C=O) groups excluding carboxylic acids is 2. The summed E-state index contributed by atoms with van der Waals surface area (Å²) in [5.74, 6) is -2.55. The van der Waals surface area contributed by atoms with Gasteiger partial charge in [0, 0.05) is 12.7 Å². The van der Waals surface area contributed by atoms with Crippen molar-refractivity contribution in [3.05, 3.63) is 59.9 Å². The Labute approximate surface area is 130 Å². The van der Waals surface area contributed by atoms with Gasteiger partial charge in [0.2, 0.25) is 11.9 Å². The molecular weight excluding hydrogens is 304 g/mol. The Morgan fingerprint density at radius 3 is 2.74 bits per heavy atom. The molecule has 0 radical (unpaired) electrons. The van der Waals surface area contributed by atoms with E-state index in [0.29, 0.717) is 6.42 Å². The van der Waals surface area contributed by atoms with Crippen molar-refractivity contribution in [3.63, 3.8) is 0 Å². The first kappa shape index (κ1) is 15.1. The van der Waals surface area contributed by atoms with Crippen LogP contribution in [-0.2, 0) is 4.79 Å². The number of nitrogens with zero attached hydrogens (tertiary/aromatic N) is 2. The van der Waals surface area contributed by atoms with E-state index in [1.54, 1.807) is 6.07 Å². The summed E-state index contributed by atoms with van der Waals surface area (Å²) in [7, 11) is 0. The lowest BCUT2D eigenvalue weighted by atomic mass is 10.2. The molecule has 1 N–H and O–H groups in total. The van der Waals surface area contributed by atoms with E-state index in [1.165, 1.54) is 41.4 Å². The molecule has 1 aromatic heterocycles. The first-order chi connectivity index (χ1) is 11.1. The molecule has 2 amide bonds. The van der Waals surface area contributed by atoms with E-state index in [1.807, 2.05) is 0 Å². The summed E-state index contributed by atoms with van der Waals surface area (Å²) in [5, 5.41) is 2.47. The smallest absolute Gasteiger partial charge is 0.256 e. The Balaban J connectivity index is 1.74. The maximum Gasteiger partial charge on any atom is 0.256 e. The van der Waals surface area contributed by atoms with Gasteiger partial charge < -0.3 is 10.2 Å².